The minimum absolute atomic E-state index is 0.00460. The lowest BCUT2D eigenvalue weighted by Gasteiger charge is -2.06. The summed E-state index contributed by atoms with van der Waals surface area (Å²) in [6.07, 6.45) is 3.49. The number of amidine groups is 1. The van der Waals surface area contributed by atoms with Crippen molar-refractivity contribution in [1.29, 1.82) is 0 Å². The van der Waals surface area contributed by atoms with Crippen molar-refractivity contribution in [3.63, 3.8) is 0 Å². The number of carbonyl (C=O) groups is 1. The first-order chi connectivity index (χ1) is 9.61. The fraction of sp³-hybridized carbons (Fsp3) is 0.154. The molecule has 104 valence electrons. The molecule has 7 heteroatoms. The van der Waals surface area contributed by atoms with Crippen LogP contribution in [0.3, 0.4) is 0 Å². The Morgan fingerprint density at radius 3 is 2.60 bits per heavy atom. The largest absolute Gasteiger partial charge is 0.409 e. The average Bonchev–Trinajstić information content (AvgIpc) is 2.89. The number of hydrogen-bond acceptors (Lipinski definition) is 4. The maximum Gasteiger partial charge on any atom is 0.251 e. The van der Waals surface area contributed by atoms with E-state index in [0.717, 1.165) is 5.82 Å². The highest BCUT2D eigenvalue weighted by molar-refractivity contribution is 5.99. The molecule has 2 aromatic rings. The molecule has 0 radical (unpaired) electrons. The zero-order valence-electron chi connectivity index (χ0n) is 10.9. The number of benzene rings is 1. The van der Waals surface area contributed by atoms with Gasteiger partial charge in [-0.25, -0.2) is 4.98 Å². The van der Waals surface area contributed by atoms with Gasteiger partial charge in [-0.15, -0.1) is 0 Å². The highest BCUT2D eigenvalue weighted by atomic mass is 16.4. The van der Waals surface area contributed by atoms with E-state index in [1.807, 2.05) is 17.8 Å². The van der Waals surface area contributed by atoms with Gasteiger partial charge in [-0.3, -0.25) is 4.79 Å². The summed E-state index contributed by atoms with van der Waals surface area (Å²) in [6.45, 7) is 0.352. The third kappa shape index (κ3) is 2.94. The fourth-order valence-electron chi connectivity index (χ4n) is 1.68. The van der Waals surface area contributed by atoms with Crippen molar-refractivity contribution < 1.29 is 10.0 Å². The highest BCUT2D eigenvalue weighted by Gasteiger charge is 2.07. The number of carbonyl (C=O) groups excluding carboxylic acids is 1. The first-order valence-electron chi connectivity index (χ1n) is 5.94. The highest BCUT2D eigenvalue weighted by Crippen LogP contribution is 2.05. The topological polar surface area (TPSA) is 106 Å². The van der Waals surface area contributed by atoms with Crippen molar-refractivity contribution in [2.24, 2.45) is 17.9 Å². The first kappa shape index (κ1) is 13.6. The van der Waals surface area contributed by atoms with Crippen molar-refractivity contribution >= 4 is 11.7 Å². The molecule has 0 saturated carbocycles. The van der Waals surface area contributed by atoms with Gasteiger partial charge >= 0.3 is 0 Å². The maximum atomic E-state index is 11.9. The molecule has 0 aliphatic carbocycles. The second-order valence-corrected chi connectivity index (χ2v) is 4.20. The van der Waals surface area contributed by atoms with E-state index in [1.54, 1.807) is 30.5 Å². The molecule has 0 spiro atoms. The van der Waals surface area contributed by atoms with E-state index in [4.69, 9.17) is 10.9 Å². The van der Waals surface area contributed by atoms with E-state index in [-0.39, 0.29) is 11.7 Å². The molecule has 1 amide bonds. The van der Waals surface area contributed by atoms with E-state index in [1.165, 1.54) is 0 Å². The standard InChI is InChI=1S/C13H15N5O2/c1-18-7-6-15-11(18)8-16-13(19)10-4-2-9(3-5-10)12(14)17-20/h2-7,20H,8H2,1H3,(H2,14,17)(H,16,19). The van der Waals surface area contributed by atoms with Gasteiger partial charge in [0.05, 0.1) is 6.54 Å². The lowest BCUT2D eigenvalue weighted by molar-refractivity contribution is 0.0949. The van der Waals surface area contributed by atoms with Gasteiger partial charge in [-0.2, -0.15) is 0 Å². The number of aromatic nitrogens is 2. The number of amides is 1. The normalized spacial score (nSPS) is 11.3. The molecular formula is C13H15N5O2. The number of hydrogen-bond donors (Lipinski definition) is 3. The number of nitrogens with one attached hydrogen (secondary N) is 1. The van der Waals surface area contributed by atoms with Crippen LogP contribution in [0.4, 0.5) is 0 Å². The lowest BCUT2D eigenvalue weighted by Crippen LogP contribution is -2.24. The van der Waals surface area contributed by atoms with Crippen LogP contribution < -0.4 is 11.1 Å². The van der Waals surface area contributed by atoms with Gasteiger partial charge in [0.1, 0.15) is 5.82 Å². The number of rotatable bonds is 4. The van der Waals surface area contributed by atoms with Crippen LogP contribution in [0.15, 0.2) is 41.8 Å². The van der Waals surface area contributed by atoms with Crippen LogP contribution in [-0.2, 0) is 13.6 Å². The summed E-state index contributed by atoms with van der Waals surface area (Å²) in [6, 6.07) is 6.46. The molecule has 0 aliphatic heterocycles. The van der Waals surface area contributed by atoms with Crippen LogP contribution in [0.2, 0.25) is 0 Å². The molecule has 0 aliphatic rings. The summed E-state index contributed by atoms with van der Waals surface area (Å²) in [5.41, 5.74) is 6.49. The second-order valence-electron chi connectivity index (χ2n) is 4.20. The van der Waals surface area contributed by atoms with Crippen molar-refractivity contribution in [3.8, 4) is 0 Å². The Labute approximate surface area is 115 Å². The Balaban J connectivity index is 2.01. The van der Waals surface area contributed by atoms with Crippen LogP contribution >= 0.6 is 0 Å². The molecule has 4 N–H and O–H groups in total. The second kappa shape index (κ2) is 5.87. The van der Waals surface area contributed by atoms with Gasteiger partial charge in [0, 0.05) is 30.6 Å². The van der Waals surface area contributed by atoms with Crippen molar-refractivity contribution in [2.45, 2.75) is 6.54 Å². The Morgan fingerprint density at radius 2 is 2.05 bits per heavy atom. The molecule has 0 fully saturated rings. The van der Waals surface area contributed by atoms with E-state index in [2.05, 4.69) is 15.5 Å². The van der Waals surface area contributed by atoms with Gasteiger partial charge in [-0.05, 0) is 12.1 Å². The molecular weight excluding hydrogens is 258 g/mol. The molecule has 2 rings (SSSR count). The van der Waals surface area contributed by atoms with Crippen LogP contribution in [0.25, 0.3) is 0 Å². The predicted octanol–water partition coefficient (Wildman–Crippen LogP) is 0.445. The Bertz CT molecular complexity index is 630. The smallest absolute Gasteiger partial charge is 0.251 e. The van der Waals surface area contributed by atoms with Crippen LogP contribution in [0, 0.1) is 0 Å². The molecule has 0 atom stereocenters. The quantitative estimate of drug-likeness (QED) is 0.325. The first-order valence-corrected chi connectivity index (χ1v) is 5.94. The predicted molar refractivity (Wildman–Crippen MR) is 73.3 cm³/mol. The zero-order valence-corrected chi connectivity index (χ0v) is 10.9. The van der Waals surface area contributed by atoms with Crippen LogP contribution in [0.5, 0.6) is 0 Å². The zero-order chi connectivity index (χ0) is 14.5. The number of aryl methyl sites for hydroxylation is 1. The Hall–Kier alpha value is -2.83. The van der Waals surface area contributed by atoms with E-state index in [0.29, 0.717) is 17.7 Å². The molecule has 0 unspecified atom stereocenters. The van der Waals surface area contributed by atoms with Crippen LogP contribution in [0.1, 0.15) is 21.7 Å². The molecule has 1 aromatic heterocycles. The molecule has 7 nitrogen and oxygen atoms in total. The van der Waals surface area contributed by atoms with Gasteiger partial charge in [-0.1, -0.05) is 17.3 Å². The van der Waals surface area contributed by atoms with E-state index >= 15 is 0 Å². The van der Waals surface area contributed by atoms with Crippen LogP contribution in [-0.4, -0.2) is 26.5 Å². The summed E-state index contributed by atoms with van der Waals surface area (Å²) in [4.78, 5) is 16.1. The van der Waals surface area contributed by atoms with Gasteiger partial charge in [0.25, 0.3) is 5.91 Å². The fourth-order valence-corrected chi connectivity index (χ4v) is 1.68. The molecule has 20 heavy (non-hydrogen) atoms. The number of nitrogens with zero attached hydrogens (tertiary/aromatic N) is 3. The number of imidazole rings is 1. The maximum absolute atomic E-state index is 11.9. The van der Waals surface area contributed by atoms with Crippen molar-refractivity contribution in [1.82, 2.24) is 14.9 Å². The summed E-state index contributed by atoms with van der Waals surface area (Å²) in [7, 11) is 1.86. The van der Waals surface area contributed by atoms with E-state index < -0.39 is 0 Å². The summed E-state index contributed by atoms with van der Waals surface area (Å²) in [5.74, 6) is 0.565. The van der Waals surface area contributed by atoms with Gasteiger partial charge in [0.15, 0.2) is 5.84 Å². The van der Waals surface area contributed by atoms with Gasteiger partial charge in [0.2, 0.25) is 0 Å². The SMILES string of the molecule is Cn1ccnc1CNC(=O)c1ccc(C(N)=NO)cc1. The third-order valence-corrected chi connectivity index (χ3v) is 2.88. The summed E-state index contributed by atoms with van der Waals surface area (Å²) < 4.78 is 1.84. The minimum atomic E-state index is -0.209. The summed E-state index contributed by atoms with van der Waals surface area (Å²) >= 11 is 0. The van der Waals surface area contributed by atoms with E-state index in [9.17, 15) is 4.79 Å². The lowest BCUT2D eigenvalue weighted by atomic mass is 10.1. The van der Waals surface area contributed by atoms with Gasteiger partial charge < -0.3 is 20.8 Å². The Morgan fingerprint density at radius 1 is 1.40 bits per heavy atom. The number of oxime groups is 1. The third-order valence-electron chi connectivity index (χ3n) is 2.88. The molecule has 1 aromatic carbocycles. The van der Waals surface area contributed by atoms with Crippen molar-refractivity contribution in [3.05, 3.63) is 53.6 Å². The molecule has 0 bridgehead atoms. The van der Waals surface area contributed by atoms with Crippen molar-refractivity contribution in [2.75, 3.05) is 0 Å². The Kier molecular flexibility index (Phi) is 3.99. The molecule has 0 saturated heterocycles. The molecule has 1 heterocycles. The average molecular weight is 273 g/mol. The minimum Gasteiger partial charge on any atom is -0.409 e. The summed E-state index contributed by atoms with van der Waals surface area (Å²) in [5, 5.41) is 14.2. The monoisotopic (exact) mass is 273 g/mol. The number of nitrogens with two attached hydrogens (primary N) is 1.